The SMILES string of the molecule is CC(C)Oc1nc(Cl)nc(Sc2nncn2C)n1. The maximum atomic E-state index is 5.82. The molecule has 0 unspecified atom stereocenters. The molecule has 0 amide bonds. The van der Waals surface area contributed by atoms with Crippen molar-refractivity contribution in [1.29, 1.82) is 0 Å². The molecule has 2 aromatic rings. The summed E-state index contributed by atoms with van der Waals surface area (Å²) in [7, 11) is 1.83. The molecule has 0 aliphatic heterocycles. The van der Waals surface area contributed by atoms with Crippen molar-refractivity contribution < 1.29 is 4.74 Å². The third-order valence-electron chi connectivity index (χ3n) is 1.76. The summed E-state index contributed by atoms with van der Waals surface area (Å²) in [6.45, 7) is 3.76. The molecule has 0 N–H and O–H groups in total. The van der Waals surface area contributed by atoms with Crippen molar-refractivity contribution in [3.8, 4) is 6.01 Å². The number of hydrogen-bond donors (Lipinski definition) is 0. The lowest BCUT2D eigenvalue weighted by atomic mass is 10.5. The first-order valence-electron chi connectivity index (χ1n) is 5.14. The fraction of sp³-hybridized carbons (Fsp3) is 0.444. The summed E-state index contributed by atoms with van der Waals surface area (Å²) >= 11 is 7.05. The van der Waals surface area contributed by atoms with Crippen molar-refractivity contribution in [2.75, 3.05) is 0 Å². The van der Waals surface area contributed by atoms with Crippen LogP contribution in [0.1, 0.15) is 13.8 Å². The van der Waals surface area contributed by atoms with Crippen LogP contribution in [0.25, 0.3) is 0 Å². The predicted molar refractivity (Wildman–Crippen MR) is 65.7 cm³/mol. The molecule has 0 fully saturated rings. The van der Waals surface area contributed by atoms with Crippen LogP contribution in [0.5, 0.6) is 6.01 Å². The Hall–Kier alpha value is -1.41. The maximum Gasteiger partial charge on any atom is 0.322 e. The number of nitrogens with zero attached hydrogens (tertiary/aromatic N) is 6. The molecule has 0 spiro atoms. The quantitative estimate of drug-likeness (QED) is 0.844. The Morgan fingerprint density at radius 2 is 2.11 bits per heavy atom. The van der Waals surface area contributed by atoms with Gasteiger partial charge in [0.25, 0.3) is 0 Å². The zero-order chi connectivity index (χ0) is 13.1. The summed E-state index contributed by atoms with van der Waals surface area (Å²) in [5, 5.41) is 8.86. The predicted octanol–water partition coefficient (Wildman–Crippen LogP) is 1.59. The summed E-state index contributed by atoms with van der Waals surface area (Å²) in [5.41, 5.74) is 0. The molecular formula is C9H11ClN6OS. The first kappa shape index (κ1) is 13.0. The van der Waals surface area contributed by atoms with Crippen LogP contribution in [-0.4, -0.2) is 35.8 Å². The lowest BCUT2D eigenvalue weighted by molar-refractivity contribution is 0.219. The van der Waals surface area contributed by atoms with Gasteiger partial charge in [0.1, 0.15) is 6.33 Å². The Bertz CT molecular complexity index is 546. The summed E-state index contributed by atoms with van der Waals surface area (Å²) in [6, 6.07) is 0.203. The fourth-order valence-corrected chi connectivity index (χ4v) is 1.97. The molecule has 2 aromatic heterocycles. The highest BCUT2D eigenvalue weighted by molar-refractivity contribution is 7.99. The molecule has 9 heteroatoms. The number of aromatic nitrogens is 6. The lowest BCUT2D eigenvalue weighted by Crippen LogP contribution is -2.09. The van der Waals surface area contributed by atoms with Crippen molar-refractivity contribution >= 4 is 23.4 Å². The molecule has 0 aliphatic carbocycles. The second kappa shape index (κ2) is 5.49. The van der Waals surface area contributed by atoms with E-state index in [1.165, 1.54) is 11.8 Å². The van der Waals surface area contributed by atoms with E-state index in [0.29, 0.717) is 10.3 Å². The van der Waals surface area contributed by atoms with Gasteiger partial charge in [-0.15, -0.1) is 10.2 Å². The molecule has 0 atom stereocenters. The van der Waals surface area contributed by atoms with Gasteiger partial charge in [0.15, 0.2) is 5.16 Å². The Labute approximate surface area is 113 Å². The van der Waals surface area contributed by atoms with E-state index in [9.17, 15) is 0 Å². The third-order valence-corrected chi connectivity index (χ3v) is 2.85. The molecule has 96 valence electrons. The molecule has 2 rings (SSSR count). The number of aryl methyl sites for hydroxylation is 1. The van der Waals surface area contributed by atoms with E-state index in [1.54, 1.807) is 10.9 Å². The lowest BCUT2D eigenvalue weighted by Gasteiger charge is -2.08. The normalized spacial score (nSPS) is 10.9. The van der Waals surface area contributed by atoms with Gasteiger partial charge in [-0.3, -0.25) is 0 Å². The van der Waals surface area contributed by atoms with Crippen molar-refractivity contribution in [2.24, 2.45) is 7.05 Å². The van der Waals surface area contributed by atoms with Crippen LogP contribution in [0, 0.1) is 0 Å². The number of hydrogen-bond acceptors (Lipinski definition) is 7. The summed E-state index contributed by atoms with van der Waals surface area (Å²) < 4.78 is 7.14. The highest BCUT2D eigenvalue weighted by Gasteiger charge is 2.11. The topological polar surface area (TPSA) is 78.6 Å². The first-order chi connectivity index (χ1) is 8.54. The van der Waals surface area contributed by atoms with Gasteiger partial charge in [0.05, 0.1) is 6.10 Å². The van der Waals surface area contributed by atoms with Crippen LogP contribution in [0.3, 0.4) is 0 Å². The zero-order valence-electron chi connectivity index (χ0n) is 10.0. The smallest absolute Gasteiger partial charge is 0.322 e. The molecule has 0 radical (unpaired) electrons. The van der Waals surface area contributed by atoms with Gasteiger partial charge in [-0.25, -0.2) is 0 Å². The molecule has 18 heavy (non-hydrogen) atoms. The summed E-state index contributed by atoms with van der Waals surface area (Å²) in [4.78, 5) is 12.0. The van der Waals surface area contributed by atoms with Gasteiger partial charge < -0.3 is 9.30 Å². The minimum atomic E-state index is -0.0313. The van der Waals surface area contributed by atoms with Gasteiger partial charge >= 0.3 is 6.01 Å². The minimum absolute atomic E-state index is 0.0313. The van der Waals surface area contributed by atoms with E-state index in [0.717, 1.165) is 0 Å². The molecule has 0 bridgehead atoms. The second-order valence-corrected chi connectivity index (χ2v) is 4.94. The molecule has 7 nitrogen and oxygen atoms in total. The van der Waals surface area contributed by atoms with Crippen LogP contribution in [0.4, 0.5) is 0 Å². The Kier molecular flexibility index (Phi) is 3.97. The standard InChI is InChI=1S/C9H11ClN6OS/c1-5(2)17-7-12-6(10)13-8(14-7)18-9-15-11-4-16(9)3/h4-5H,1-3H3. The number of ether oxygens (including phenoxy) is 1. The van der Waals surface area contributed by atoms with Crippen molar-refractivity contribution in [1.82, 2.24) is 29.7 Å². The van der Waals surface area contributed by atoms with Crippen LogP contribution >= 0.6 is 23.4 Å². The summed E-state index contributed by atoms with van der Waals surface area (Å²) in [5.74, 6) is 0. The maximum absolute atomic E-state index is 5.82. The van der Waals surface area contributed by atoms with E-state index in [-0.39, 0.29) is 17.4 Å². The van der Waals surface area contributed by atoms with Gasteiger partial charge in [-0.05, 0) is 37.2 Å². The largest absolute Gasteiger partial charge is 0.461 e. The Morgan fingerprint density at radius 3 is 2.72 bits per heavy atom. The average Bonchev–Trinajstić information content (AvgIpc) is 2.62. The minimum Gasteiger partial charge on any atom is -0.461 e. The van der Waals surface area contributed by atoms with Crippen molar-refractivity contribution in [3.05, 3.63) is 11.6 Å². The van der Waals surface area contributed by atoms with Gasteiger partial charge in [0.2, 0.25) is 10.4 Å². The molecule has 0 saturated carbocycles. The van der Waals surface area contributed by atoms with Crippen LogP contribution in [0.2, 0.25) is 5.28 Å². The summed E-state index contributed by atoms with van der Waals surface area (Å²) in [6.07, 6.45) is 1.56. The molecule has 0 aliphatic rings. The molecule has 2 heterocycles. The van der Waals surface area contributed by atoms with Crippen molar-refractivity contribution in [3.63, 3.8) is 0 Å². The van der Waals surface area contributed by atoms with Crippen LogP contribution in [0.15, 0.2) is 16.6 Å². The number of rotatable bonds is 4. The Morgan fingerprint density at radius 1 is 1.33 bits per heavy atom. The molecular weight excluding hydrogens is 276 g/mol. The van der Waals surface area contributed by atoms with Crippen LogP contribution in [-0.2, 0) is 7.05 Å². The van der Waals surface area contributed by atoms with E-state index in [4.69, 9.17) is 16.3 Å². The molecule has 0 aromatic carbocycles. The van der Waals surface area contributed by atoms with E-state index < -0.39 is 0 Å². The van der Waals surface area contributed by atoms with E-state index in [2.05, 4.69) is 25.1 Å². The highest BCUT2D eigenvalue weighted by Crippen LogP contribution is 2.24. The monoisotopic (exact) mass is 286 g/mol. The van der Waals surface area contributed by atoms with Gasteiger partial charge in [-0.1, -0.05) is 0 Å². The second-order valence-electron chi connectivity index (χ2n) is 3.66. The highest BCUT2D eigenvalue weighted by atomic mass is 35.5. The number of halogens is 1. The van der Waals surface area contributed by atoms with E-state index >= 15 is 0 Å². The fourth-order valence-electron chi connectivity index (χ4n) is 1.07. The average molecular weight is 287 g/mol. The van der Waals surface area contributed by atoms with Gasteiger partial charge in [0, 0.05) is 7.05 Å². The van der Waals surface area contributed by atoms with E-state index in [1.807, 2.05) is 20.9 Å². The molecule has 0 saturated heterocycles. The first-order valence-corrected chi connectivity index (χ1v) is 6.34. The van der Waals surface area contributed by atoms with Crippen LogP contribution < -0.4 is 4.74 Å². The third kappa shape index (κ3) is 3.30. The van der Waals surface area contributed by atoms with Crippen molar-refractivity contribution in [2.45, 2.75) is 30.3 Å². The van der Waals surface area contributed by atoms with Gasteiger partial charge in [-0.2, -0.15) is 15.0 Å². The zero-order valence-corrected chi connectivity index (χ0v) is 11.6. The Balaban J connectivity index is 2.23.